The van der Waals surface area contributed by atoms with E-state index in [2.05, 4.69) is 26.6 Å². The summed E-state index contributed by atoms with van der Waals surface area (Å²) in [6.07, 6.45) is 7.09. The van der Waals surface area contributed by atoms with Gasteiger partial charge in [-0.2, -0.15) is 5.10 Å². The minimum atomic E-state index is -0.432. The number of benzene rings is 1. The zero-order valence-corrected chi connectivity index (χ0v) is 13.9. The first-order valence-electron chi connectivity index (χ1n) is 8.63. The zero-order chi connectivity index (χ0) is 17.2. The summed E-state index contributed by atoms with van der Waals surface area (Å²) in [5.41, 5.74) is 4.02. The van der Waals surface area contributed by atoms with Crippen LogP contribution < -0.4 is 9.88 Å². The highest BCUT2D eigenvalue weighted by molar-refractivity contribution is 5.81. The molecule has 1 aliphatic rings. The second kappa shape index (κ2) is 6.78. The van der Waals surface area contributed by atoms with E-state index < -0.39 is 6.10 Å². The molecule has 0 radical (unpaired) electrons. The van der Waals surface area contributed by atoms with Crippen molar-refractivity contribution in [1.29, 1.82) is 0 Å². The quantitative estimate of drug-likeness (QED) is 0.519. The van der Waals surface area contributed by atoms with Crippen LogP contribution in [0.4, 0.5) is 0 Å². The number of aliphatic hydroxyl groups excluding tert-OH is 1. The van der Waals surface area contributed by atoms with E-state index in [1.165, 1.54) is 0 Å². The summed E-state index contributed by atoms with van der Waals surface area (Å²) in [4.78, 5) is 15.7. The number of piperidine rings is 1. The number of nitrogens with zero attached hydrogens (tertiary/aromatic N) is 2. The second-order valence-corrected chi connectivity index (χ2v) is 6.63. The predicted molar refractivity (Wildman–Crippen MR) is 92.7 cm³/mol. The molecule has 7 nitrogen and oxygen atoms in total. The third-order valence-corrected chi connectivity index (χ3v) is 4.86. The van der Waals surface area contributed by atoms with Crippen molar-refractivity contribution in [2.45, 2.75) is 38.0 Å². The molecule has 3 aromatic rings. The van der Waals surface area contributed by atoms with Crippen molar-refractivity contribution in [2.75, 3.05) is 6.54 Å². The summed E-state index contributed by atoms with van der Waals surface area (Å²) in [5.74, 6) is 0.109. The lowest BCUT2D eigenvalue weighted by molar-refractivity contribution is -0.658. The molecule has 0 spiro atoms. The van der Waals surface area contributed by atoms with Gasteiger partial charge in [-0.3, -0.25) is 9.89 Å². The minimum Gasteiger partial charge on any atom is -0.391 e. The van der Waals surface area contributed by atoms with Crippen LogP contribution in [0.5, 0.6) is 0 Å². The highest BCUT2D eigenvalue weighted by atomic mass is 16.3. The van der Waals surface area contributed by atoms with Crippen LogP contribution in [0.3, 0.4) is 0 Å². The topological polar surface area (TPSA) is 97.7 Å². The van der Waals surface area contributed by atoms with Gasteiger partial charge in [-0.25, -0.2) is 9.55 Å². The fraction of sp³-hybridized carbons (Fsp3) is 0.389. The first-order valence-corrected chi connectivity index (χ1v) is 8.63. The minimum absolute atomic E-state index is 0.109. The van der Waals surface area contributed by atoms with E-state index in [1.54, 1.807) is 6.20 Å². The first-order chi connectivity index (χ1) is 12.2. The zero-order valence-electron chi connectivity index (χ0n) is 13.9. The Kier molecular flexibility index (Phi) is 4.33. The summed E-state index contributed by atoms with van der Waals surface area (Å²) >= 11 is 0. The molecule has 4 N–H and O–H groups in total. The molecule has 0 bridgehead atoms. The molecule has 25 heavy (non-hydrogen) atoms. The molecule has 0 unspecified atom stereocenters. The number of hydrogen-bond donors (Lipinski definition) is 4. The van der Waals surface area contributed by atoms with Gasteiger partial charge in [-0.1, -0.05) is 0 Å². The lowest BCUT2D eigenvalue weighted by Gasteiger charge is -2.28. The van der Waals surface area contributed by atoms with E-state index in [-0.39, 0.29) is 11.8 Å². The molecule has 130 valence electrons. The number of carbonyl (C=O) groups excluding carboxylic acids is 1. The summed E-state index contributed by atoms with van der Waals surface area (Å²) in [6.45, 7) is 1.16. The number of fused-ring (bicyclic) bond motifs is 1. The monoisotopic (exact) mass is 340 g/mol. The number of H-pyrrole nitrogens is 2. The highest BCUT2D eigenvalue weighted by Crippen LogP contribution is 2.21. The average Bonchev–Trinajstić information content (AvgIpc) is 3.27. The third kappa shape index (κ3) is 3.33. The van der Waals surface area contributed by atoms with Crippen LogP contribution in [0, 0.1) is 0 Å². The van der Waals surface area contributed by atoms with Gasteiger partial charge >= 0.3 is 0 Å². The van der Waals surface area contributed by atoms with Crippen molar-refractivity contribution >= 4 is 16.8 Å². The summed E-state index contributed by atoms with van der Waals surface area (Å²) in [7, 11) is 0. The van der Waals surface area contributed by atoms with Gasteiger partial charge in [0.15, 0.2) is 16.8 Å². The van der Waals surface area contributed by atoms with Gasteiger partial charge < -0.3 is 10.4 Å². The third-order valence-electron chi connectivity index (χ3n) is 4.86. The molecule has 2 atom stereocenters. The van der Waals surface area contributed by atoms with Crippen molar-refractivity contribution in [1.82, 2.24) is 20.5 Å². The molecule has 0 saturated carbocycles. The number of hydrogen-bond acceptors (Lipinski definition) is 4. The van der Waals surface area contributed by atoms with E-state index in [4.69, 9.17) is 0 Å². The van der Waals surface area contributed by atoms with Crippen molar-refractivity contribution in [3.05, 3.63) is 36.9 Å². The Morgan fingerprint density at radius 2 is 2.28 bits per heavy atom. The molecular formula is C18H22N5O2+. The van der Waals surface area contributed by atoms with Crippen molar-refractivity contribution in [3.63, 3.8) is 0 Å². The maximum Gasteiger partial charge on any atom is 0.242 e. The van der Waals surface area contributed by atoms with Crippen molar-refractivity contribution in [2.24, 2.45) is 0 Å². The number of ketones is 1. The maximum atomic E-state index is 12.5. The number of rotatable bonds is 5. The molecule has 0 aliphatic carbocycles. The van der Waals surface area contributed by atoms with Gasteiger partial charge in [-0.05, 0) is 43.1 Å². The number of Topliss-reactive ketones (excluding diaryl/α,β-unsaturated/α-hetero) is 1. The average molecular weight is 340 g/mol. The van der Waals surface area contributed by atoms with E-state index in [9.17, 15) is 9.90 Å². The van der Waals surface area contributed by atoms with Crippen LogP contribution in [0.25, 0.3) is 22.2 Å². The maximum absolute atomic E-state index is 12.5. The number of imidazole rings is 1. The number of carbonyl (C=O) groups is 1. The smallest absolute Gasteiger partial charge is 0.242 e. The van der Waals surface area contributed by atoms with Crippen LogP contribution in [-0.4, -0.2) is 44.8 Å². The molecule has 3 heterocycles. The van der Waals surface area contributed by atoms with Gasteiger partial charge in [0.25, 0.3) is 0 Å². The van der Waals surface area contributed by atoms with Gasteiger partial charge in [-0.15, -0.1) is 0 Å². The molecule has 1 saturated heterocycles. The van der Waals surface area contributed by atoms with Gasteiger partial charge in [0.1, 0.15) is 6.54 Å². The number of aromatic amines is 2. The molecule has 7 heteroatoms. The van der Waals surface area contributed by atoms with E-state index >= 15 is 0 Å². The fourth-order valence-corrected chi connectivity index (χ4v) is 3.47. The Morgan fingerprint density at radius 3 is 3.08 bits per heavy atom. The van der Waals surface area contributed by atoms with E-state index in [0.29, 0.717) is 13.0 Å². The number of aromatic nitrogens is 4. The molecule has 2 aromatic heterocycles. The Morgan fingerprint density at radius 1 is 1.36 bits per heavy atom. The summed E-state index contributed by atoms with van der Waals surface area (Å²) in [6, 6.07) is 5.95. The van der Waals surface area contributed by atoms with Crippen molar-refractivity contribution in [3.8, 4) is 11.1 Å². The van der Waals surface area contributed by atoms with Crippen LogP contribution in [0.15, 0.2) is 36.9 Å². The van der Waals surface area contributed by atoms with Crippen LogP contribution in [0.2, 0.25) is 0 Å². The van der Waals surface area contributed by atoms with Gasteiger partial charge in [0, 0.05) is 24.2 Å². The summed E-state index contributed by atoms with van der Waals surface area (Å²) < 4.78 is 1.93. The lowest BCUT2D eigenvalue weighted by Crippen LogP contribution is -2.47. The Bertz CT molecular complexity index is 871. The SMILES string of the molecule is O=C(C[C@H]1NCCC[C@@H]1O)C[n+]1c[nH]c2ccc(-c3cn[nH]c3)cc21. The first kappa shape index (κ1) is 16.0. The largest absolute Gasteiger partial charge is 0.391 e. The normalized spacial score (nSPS) is 20.8. The molecule has 1 aliphatic heterocycles. The standard InChI is InChI=1S/C18H21N5O2/c24-14(7-16-18(25)2-1-5-19-16)10-23-11-20-15-4-3-12(6-17(15)23)13-8-21-22-9-13/h3-4,6,8-9,11,16,18-19,25H,1-2,5,7,10H2,(H,21,22)/p+1/t16-,18+/m1/s1. The van der Waals surface area contributed by atoms with Crippen LogP contribution in [0.1, 0.15) is 19.3 Å². The van der Waals surface area contributed by atoms with Gasteiger partial charge in [0.2, 0.25) is 6.33 Å². The Balaban J connectivity index is 1.52. The summed E-state index contributed by atoms with van der Waals surface area (Å²) in [5, 5.41) is 20.1. The number of aliphatic hydroxyl groups is 1. The van der Waals surface area contributed by atoms with E-state index in [0.717, 1.165) is 41.5 Å². The molecule has 4 rings (SSSR count). The molecular weight excluding hydrogens is 318 g/mol. The Hall–Kier alpha value is -2.51. The van der Waals surface area contributed by atoms with E-state index in [1.807, 2.05) is 29.2 Å². The molecule has 0 amide bonds. The van der Waals surface area contributed by atoms with Crippen LogP contribution >= 0.6 is 0 Å². The number of nitrogens with one attached hydrogen (secondary N) is 3. The van der Waals surface area contributed by atoms with Crippen LogP contribution in [-0.2, 0) is 11.3 Å². The van der Waals surface area contributed by atoms with Gasteiger partial charge in [0.05, 0.1) is 12.3 Å². The predicted octanol–water partition coefficient (Wildman–Crippen LogP) is 0.918. The Labute approximate surface area is 145 Å². The molecule has 1 fully saturated rings. The lowest BCUT2D eigenvalue weighted by atomic mass is 9.97. The second-order valence-electron chi connectivity index (χ2n) is 6.63. The highest BCUT2D eigenvalue weighted by Gasteiger charge is 2.26. The fourth-order valence-electron chi connectivity index (χ4n) is 3.47. The molecule has 1 aromatic carbocycles. The van der Waals surface area contributed by atoms with Crippen molar-refractivity contribution < 1.29 is 14.5 Å².